The van der Waals surface area contributed by atoms with Crippen LogP contribution in [-0.2, 0) is 6.42 Å². The summed E-state index contributed by atoms with van der Waals surface area (Å²) >= 11 is 0.958. The van der Waals surface area contributed by atoms with Crippen molar-refractivity contribution in [3.8, 4) is 11.5 Å². The van der Waals surface area contributed by atoms with E-state index in [2.05, 4.69) is 5.32 Å². The molecule has 1 aromatic heterocycles. The lowest BCUT2D eigenvalue weighted by atomic mass is 10.1. The number of hydrogen-bond acceptors (Lipinski definition) is 5. The molecule has 7 heteroatoms. The topological polar surface area (TPSA) is 84.9 Å². The largest absolute Gasteiger partial charge is 0.493 e. The molecule has 23 heavy (non-hydrogen) atoms. The maximum atomic E-state index is 12.0. The van der Waals surface area contributed by atoms with Crippen molar-refractivity contribution in [3.63, 3.8) is 0 Å². The molecule has 0 aliphatic heterocycles. The predicted molar refractivity (Wildman–Crippen MR) is 86.9 cm³/mol. The van der Waals surface area contributed by atoms with E-state index in [4.69, 9.17) is 14.6 Å². The minimum Gasteiger partial charge on any atom is -0.493 e. The zero-order valence-corrected chi connectivity index (χ0v) is 13.6. The van der Waals surface area contributed by atoms with Crippen molar-refractivity contribution in [2.24, 2.45) is 0 Å². The zero-order chi connectivity index (χ0) is 16.8. The van der Waals surface area contributed by atoms with Gasteiger partial charge in [-0.25, -0.2) is 4.79 Å². The Hall–Kier alpha value is -2.54. The lowest BCUT2D eigenvalue weighted by molar-refractivity contribution is 0.0702. The van der Waals surface area contributed by atoms with Crippen LogP contribution in [0.25, 0.3) is 0 Å². The smallest absolute Gasteiger partial charge is 0.345 e. The third-order valence-electron chi connectivity index (χ3n) is 3.19. The van der Waals surface area contributed by atoms with Gasteiger partial charge >= 0.3 is 5.97 Å². The van der Waals surface area contributed by atoms with Gasteiger partial charge in [-0.3, -0.25) is 4.79 Å². The molecule has 0 unspecified atom stereocenters. The molecule has 6 nitrogen and oxygen atoms in total. The summed E-state index contributed by atoms with van der Waals surface area (Å²) < 4.78 is 10.4. The first kappa shape index (κ1) is 16.8. The Morgan fingerprint density at radius 2 is 1.78 bits per heavy atom. The SMILES string of the molecule is COc1ccc(CCNC(=O)c2ccc(C(=O)O)s2)cc1OC. The molecule has 2 aromatic rings. The van der Waals surface area contributed by atoms with E-state index in [0.717, 1.165) is 16.9 Å². The summed E-state index contributed by atoms with van der Waals surface area (Å²) in [7, 11) is 3.14. The molecular formula is C16H17NO5S. The molecule has 0 atom stereocenters. The average molecular weight is 335 g/mol. The molecule has 0 aliphatic rings. The van der Waals surface area contributed by atoms with Crippen LogP contribution in [0.3, 0.4) is 0 Å². The Balaban J connectivity index is 1.91. The van der Waals surface area contributed by atoms with Crippen molar-refractivity contribution in [2.45, 2.75) is 6.42 Å². The molecular weight excluding hydrogens is 318 g/mol. The van der Waals surface area contributed by atoms with E-state index in [-0.39, 0.29) is 10.8 Å². The van der Waals surface area contributed by atoms with Gasteiger partial charge in [0.05, 0.1) is 19.1 Å². The molecule has 1 heterocycles. The van der Waals surface area contributed by atoms with Crippen LogP contribution in [-0.4, -0.2) is 37.7 Å². The molecule has 122 valence electrons. The van der Waals surface area contributed by atoms with E-state index in [1.165, 1.54) is 12.1 Å². The van der Waals surface area contributed by atoms with Crippen LogP contribution in [0.2, 0.25) is 0 Å². The molecule has 0 bridgehead atoms. The van der Waals surface area contributed by atoms with Gasteiger partial charge < -0.3 is 19.9 Å². The summed E-state index contributed by atoms with van der Waals surface area (Å²) in [6, 6.07) is 8.52. The summed E-state index contributed by atoms with van der Waals surface area (Å²) in [5, 5.41) is 11.6. The maximum Gasteiger partial charge on any atom is 0.345 e. The Kier molecular flexibility index (Phi) is 5.59. The first-order chi connectivity index (χ1) is 11.0. The van der Waals surface area contributed by atoms with Gasteiger partial charge in [-0.15, -0.1) is 11.3 Å². The van der Waals surface area contributed by atoms with Crippen molar-refractivity contribution in [1.82, 2.24) is 5.32 Å². The van der Waals surface area contributed by atoms with Gasteiger partial charge in [-0.2, -0.15) is 0 Å². The molecule has 0 fully saturated rings. The molecule has 2 N–H and O–H groups in total. The fourth-order valence-electron chi connectivity index (χ4n) is 2.02. The van der Waals surface area contributed by atoms with Crippen LogP contribution in [0, 0.1) is 0 Å². The standard InChI is InChI=1S/C16H17NO5S/c1-21-11-4-3-10(9-12(11)22-2)7-8-17-15(18)13-5-6-14(23-13)16(19)20/h3-6,9H,7-8H2,1-2H3,(H,17,18)(H,19,20). The van der Waals surface area contributed by atoms with Crippen LogP contribution < -0.4 is 14.8 Å². The Morgan fingerprint density at radius 3 is 2.39 bits per heavy atom. The predicted octanol–water partition coefficient (Wildman–Crippen LogP) is 2.44. The normalized spacial score (nSPS) is 10.2. The van der Waals surface area contributed by atoms with Gasteiger partial charge in [0.15, 0.2) is 11.5 Å². The lowest BCUT2D eigenvalue weighted by Crippen LogP contribution is -2.24. The number of rotatable bonds is 7. The molecule has 2 rings (SSSR count). The van der Waals surface area contributed by atoms with Gasteiger partial charge in [0.25, 0.3) is 5.91 Å². The van der Waals surface area contributed by atoms with Crippen LogP contribution in [0.5, 0.6) is 11.5 Å². The van der Waals surface area contributed by atoms with Crippen LogP contribution >= 0.6 is 11.3 Å². The molecule has 0 aliphatic carbocycles. The quantitative estimate of drug-likeness (QED) is 0.812. The van der Waals surface area contributed by atoms with Crippen molar-refractivity contribution in [3.05, 3.63) is 45.6 Å². The fourth-order valence-corrected chi connectivity index (χ4v) is 2.78. The van der Waals surface area contributed by atoms with Gasteiger partial charge in [0.1, 0.15) is 4.88 Å². The highest BCUT2D eigenvalue weighted by Crippen LogP contribution is 2.27. The first-order valence-electron chi connectivity index (χ1n) is 6.87. The Bertz CT molecular complexity index is 710. The fraction of sp³-hybridized carbons (Fsp3) is 0.250. The van der Waals surface area contributed by atoms with Crippen LogP contribution in [0.15, 0.2) is 30.3 Å². The van der Waals surface area contributed by atoms with E-state index in [9.17, 15) is 9.59 Å². The second-order valence-electron chi connectivity index (χ2n) is 4.66. The molecule has 1 aromatic carbocycles. The third kappa shape index (κ3) is 4.23. The minimum atomic E-state index is -1.03. The van der Waals surface area contributed by atoms with E-state index in [1.807, 2.05) is 18.2 Å². The summed E-state index contributed by atoms with van der Waals surface area (Å²) in [4.78, 5) is 23.3. The minimum absolute atomic E-state index is 0.148. The monoisotopic (exact) mass is 335 g/mol. The van der Waals surface area contributed by atoms with Crippen molar-refractivity contribution >= 4 is 23.2 Å². The summed E-state index contributed by atoms with van der Waals surface area (Å²) in [5.74, 6) is -0.0110. The van der Waals surface area contributed by atoms with Crippen LogP contribution in [0.4, 0.5) is 0 Å². The molecule has 0 saturated heterocycles. The number of ether oxygens (including phenoxy) is 2. The molecule has 1 amide bonds. The average Bonchev–Trinajstić information content (AvgIpc) is 3.05. The number of nitrogens with one attached hydrogen (secondary N) is 1. The summed E-state index contributed by atoms with van der Waals surface area (Å²) in [6.07, 6.45) is 0.628. The maximum absolute atomic E-state index is 12.0. The number of carboxylic acid groups (broad SMARTS) is 1. The molecule has 0 saturated carbocycles. The number of amides is 1. The van der Waals surface area contributed by atoms with Crippen molar-refractivity contribution in [2.75, 3.05) is 20.8 Å². The molecule has 0 spiro atoms. The van der Waals surface area contributed by atoms with Gasteiger partial charge in [-0.1, -0.05) is 6.07 Å². The van der Waals surface area contributed by atoms with Gasteiger partial charge in [0, 0.05) is 6.54 Å². The summed E-state index contributed by atoms with van der Waals surface area (Å²) in [6.45, 7) is 0.439. The number of benzene rings is 1. The second-order valence-corrected chi connectivity index (χ2v) is 5.75. The number of carboxylic acids is 1. The van der Waals surface area contributed by atoms with E-state index in [1.54, 1.807) is 14.2 Å². The zero-order valence-electron chi connectivity index (χ0n) is 12.8. The first-order valence-corrected chi connectivity index (χ1v) is 7.69. The number of carbonyl (C=O) groups is 2. The van der Waals surface area contributed by atoms with E-state index in [0.29, 0.717) is 29.3 Å². The second kappa shape index (κ2) is 7.64. The Morgan fingerprint density at radius 1 is 1.09 bits per heavy atom. The van der Waals surface area contributed by atoms with E-state index >= 15 is 0 Å². The van der Waals surface area contributed by atoms with Gasteiger partial charge in [0.2, 0.25) is 0 Å². The van der Waals surface area contributed by atoms with Crippen molar-refractivity contribution < 1.29 is 24.2 Å². The number of hydrogen-bond donors (Lipinski definition) is 2. The lowest BCUT2D eigenvalue weighted by Gasteiger charge is -2.10. The van der Waals surface area contributed by atoms with Crippen LogP contribution in [0.1, 0.15) is 24.9 Å². The summed E-state index contributed by atoms with van der Waals surface area (Å²) in [5.41, 5.74) is 1.00. The van der Waals surface area contributed by atoms with Gasteiger partial charge in [-0.05, 0) is 36.2 Å². The highest BCUT2D eigenvalue weighted by atomic mass is 32.1. The number of carbonyl (C=O) groups excluding carboxylic acids is 1. The number of aromatic carboxylic acids is 1. The Labute approximate surface area is 137 Å². The highest BCUT2D eigenvalue weighted by molar-refractivity contribution is 7.15. The number of thiophene rings is 1. The number of methoxy groups -OCH3 is 2. The van der Waals surface area contributed by atoms with Crippen molar-refractivity contribution in [1.29, 1.82) is 0 Å². The highest BCUT2D eigenvalue weighted by Gasteiger charge is 2.12. The van der Waals surface area contributed by atoms with E-state index < -0.39 is 5.97 Å². The molecule has 0 radical (unpaired) electrons. The third-order valence-corrected chi connectivity index (χ3v) is 4.26.